The van der Waals surface area contributed by atoms with Gasteiger partial charge in [-0.25, -0.2) is 4.98 Å². The van der Waals surface area contributed by atoms with Gasteiger partial charge in [-0.15, -0.1) is 0 Å². The van der Waals surface area contributed by atoms with Gasteiger partial charge < -0.3 is 5.11 Å². The van der Waals surface area contributed by atoms with Crippen LogP contribution >= 0.6 is 11.6 Å². The Labute approximate surface area is 178 Å². The van der Waals surface area contributed by atoms with Crippen LogP contribution in [0, 0.1) is 11.8 Å². The lowest BCUT2D eigenvalue weighted by Crippen LogP contribution is -2.21. The van der Waals surface area contributed by atoms with Gasteiger partial charge in [0.05, 0.1) is 6.61 Å². The molecule has 0 unspecified atom stereocenters. The van der Waals surface area contributed by atoms with E-state index in [2.05, 4.69) is 46.0 Å². The summed E-state index contributed by atoms with van der Waals surface area (Å²) in [5.74, 6) is 6.36. The molecule has 0 fully saturated rings. The van der Waals surface area contributed by atoms with Gasteiger partial charge in [0.1, 0.15) is 5.69 Å². The van der Waals surface area contributed by atoms with Gasteiger partial charge in [0, 0.05) is 36.3 Å². The minimum atomic E-state index is 0.186. The number of aliphatic hydroxyl groups is 1. The first-order valence-electron chi connectivity index (χ1n) is 9.72. The summed E-state index contributed by atoms with van der Waals surface area (Å²) in [6.07, 6.45) is 3.56. The van der Waals surface area contributed by atoms with E-state index in [1.165, 1.54) is 11.1 Å². The number of hydrogen-bond donors (Lipinski definition) is 1. The Morgan fingerprint density at radius 1 is 0.931 bits per heavy atom. The Morgan fingerprint density at radius 2 is 1.62 bits per heavy atom. The lowest BCUT2D eigenvalue weighted by molar-refractivity contribution is 0.217. The predicted molar refractivity (Wildman–Crippen MR) is 120 cm³/mol. The maximum Gasteiger partial charge on any atom is 0.113 e. The summed E-state index contributed by atoms with van der Waals surface area (Å²) in [5, 5.41) is 9.70. The molecule has 1 heterocycles. The van der Waals surface area contributed by atoms with Gasteiger partial charge in [0.25, 0.3) is 0 Å². The number of aromatic nitrogens is 1. The summed E-state index contributed by atoms with van der Waals surface area (Å²) in [5.41, 5.74) is 5.45. The van der Waals surface area contributed by atoms with Crippen molar-refractivity contribution in [3.05, 3.63) is 88.7 Å². The summed E-state index contributed by atoms with van der Waals surface area (Å²) < 4.78 is 0. The SMILES string of the molecule is CN(CCO)Cc1ccc(CCC#Cc2ccc(-c3ccc(Cl)cc3)cn2)cc1. The largest absolute Gasteiger partial charge is 0.395 e. The van der Waals surface area contributed by atoms with Gasteiger partial charge in [-0.3, -0.25) is 4.90 Å². The highest BCUT2D eigenvalue weighted by Crippen LogP contribution is 2.20. The Hall–Kier alpha value is -2.64. The van der Waals surface area contributed by atoms with Crippen molar-refractivity contribution >= 4 is 11.6 Å². The van der Waals surface area contributed by atoms with E-state index in [1.807, 2.05) is 49.6 Å². The molecule has 0 aliphatic rings. The molecule has 0 atom stereocenters. The van der Waals surface area contributed by atoms with Crippen LogP contribution in [0.1, 0.15) is 23.2 Å². The highest BCUT2D eigenvalue weighted by molar-refractivity contribution is 6.30. The zero-order valence-corrected chi connectivity index (χ0v) is 17.4. The number of pyridine rings is 1. The van der Waals surface area contributed by atoms with Crippen molar-refractivity contribution < 1.29 is 5.11 Å². The Bertz CT molecular complexity index is 955. The zero-order valence-electron chi connectivity index (χ0n) is 16.6. The number of likely N-dealkylation sites (N-methyl/N-ethyl adjacent to an activating group) is 1. The standard InChI is InChI=1S/C25H25ClN2O/c1-28(16-17-29)19-21-8-6-20(7-9-21)4-2-3-5-25-15-12-23(18-27-25)22-10-13-24(26)14-11-22/h6-15,18,29H,2,4,16-17,19H2,1H3. The van der Waals surface area contributed by atoms with Crippen molar-refractivity contribution in [1.29, 1.82) is 0 Å². The molecular weight excluding hydrogens is 380 g/mol. The third-order valence-electron chi connectivity index (χ3n) is 4.65. The van der Waals surface area contributed by atoms with E-state index < -0.39 is 0 Å². The Morgan fingerprint density at radius 3 is 2.28 bits per heavy atom. The maximum atomic E-state index is 8.97. The Kier molecular flexibility index (Phi) is 7.84. The first kappa shape index (κ1) is 21.1. The van der Waals surface area contributed by atoms with Crippen LogP contribution in [0.5, 0.6) is 0 Å². The van der Waals surface area contributed by atoms with Crippen LogP contribution in [0.3, 0.4) is 0 Å². The second kappa shape index (κ2) is 10.8. The highest BCUT2D eigenvalue weighted by Gasteiger charge is 2.00. The number of aliphatic hydroxyl groups excluding tert-OH is 1. The van der Waals surface area contributed by atoms with Gasteiger partial charge in [-0.05, 0) is 54.3 Å². The van der Waals surface area contributed by atoms with Crippen molar-refractivity contribution in [2.75, 3.05) is 20.2 Å². The van der Waals surface area contributed by atoms with E-state index in [4.69, 9.17) is 16.7 Å². The van der Waals surface area contributed by atoms with E-state index in [0.717, 1.165) is 41.2 Å². The van der Waals surface area contributed by atoms with Crippen molar-refractivity contribution in [1.82, 2.24) is 9.88 Å². The summed E-state index contributed by atoms with van der Waals surface area (Å²) in [4.78, 5) is 6.55. The fourth-order valence-corrected chi connectivity index (χ4v) is 3.14. The van der Waals surface area contributed by atoms with Crippen LogP contribution in [0.4, 0.5) is 0 Å². The summed E-state index contributed by atoms with van der Waals surface area (Å²) in [7, 11) is 2.01. The molecule has 0 amide bonds. The summed E-state index contributed by atoms with van der Waals surface area (Å²) in [6.45, 7) is 1.72. The summed E-state index contributed by atoms with van der Waals surface area (Å²) in [6, 6.07) is 20.3. The van der Waals surface area contributed by atoms with E-state index in [0.29, 0.717) is 6.54 Å². The molecular formula is C25H25ClN2O. The normalized spacial score (nSPS) is 10.6. The molecule has 0 aliphatic carbocycles. The molecule has 2 aromatic carbocycles. The number of benzene rings is 2. The van der Waals surface area contributed by atoms with Gasteiger partial charge in [0.2, 0.25) is 0 Å². The molecule has 1 N–H and O–H groups in total. The van der Waals surface area contributed by atoms with E-state index >= 15 is 0 Å². The lowest BCUT2D eigenvalue weighted by atomic mass is 10.1. The fourth-order valence-electron chi connectivity index (χ4n) is 3.01. The van der Waals surface area contributed by atoms with Crippen LogP contribution in [0.25, 0.3) is 11.1 Å². The molecule has 0 saturated heterocycles. The molecule has 3 nitrogen and oxygen atoms in total. The molecule has 0 aliphatic heterocycles. The van der Waals surface area contributed by atoms with Crippen molar-refractivity contribution in [3.63, 3.8) is 0 Å². The second-order valence-corrected chi connectivity index (χ2v) is 7.46. The average Bonchev–Trinajstić information content (AvgIpc) is 2.74. The van der Waals surface area contributed by atoms with Gasteiger partial charge >= 0.3 is 0 Å². The maximum absolute atomic E-state index is 8.97. The third-order valence-corrected chi connectivity index (χ3v) is 4.91. The second-order valence-electron chi connectivity index (χ2n) is 7.02. The van der Waals surface area contributed by atoms with Crippen LogP contribution in [0.15, 0.2) is 66.9 Å². The number of aryl methyl sites for hydroxylation is 1. The average molecular weight is 405 g/mol. The zero-order chi connectivity index (χ0) is 20.5. The molecule has 148 valence electrons. The van der Waals surface area contributed by atoms with Gasteiger partial charge in [0.15, 0.2) is 0 Å². The molecule has 3 rings (SSSR count). The van der Waals surface area contributed by atoms with Crippen molar-refractivity contribution in [2.45, 2.75) is 19.4 Å². The van der Waals surface area contributed by atoms with Gasteiger partial charge in [-0.1, -0.05) is 60.0 Å². The monoisotopic (exact) mass is 404 g/mol. The Balaban J connectivity index is 1.50. The highest BCUT2D eigenvalue weighted by atomic mass is 35.5. The minimum Gasteiger partial charge on any atom is -0.395 e. The number of hydrogen-bond acceptors (Lipinski definition) is 3. The van der Waals surface area contributed by atoms with E-state index in [9.17, 15) is 0 Å². The first-order chi connectivity index (χ1) is 14.1. The number of halogens is 1. The topological polar surface area (TPSA) is 36.4 Å². The van der Waals surface area contributed by atoms with Gasteiger partial charge in [-0.2, -0.15) is 0 Å². The van der Waals surface area contributed by atoms with E-state index in [-0.39, 0.29) is 6.61 Å². The van der Waals surface area contributed by atoms with Crippen LogP contribution < -0.4 is 0 Å². The molecule has 0 saturated carbocycles. The molecule has 1 aromatic heterocycles. The number of nitrogens with zero attached hydrogens (tertiary/aromatic N) is 2. The molecule has 0 radical (unpaired) electrons. The number of rotatable bonds is 7. The lowest BCUT2D eigenvalue weighted by Gasteiger charge is -2.15. The van der Waals surface area contributed by atoms with E-state index in [1.54, 1.807) is 0 Å². The first-order valence-corrected chi connectivity index (χ1v) is 10.1. The van der Waals surface area contributed by atoms with Crippen LogP contribution in [-0.4, -0.2) is 35.2 Å². The van der Waals surface area contributed by atoms with Crippen LogP contribution in [-0.2, 0) is 13.0 Å². The molecule has 29 heavy (non-hydrogen) atoms. The smallest absolute Gasteiger partial charge is 0.113 e. The molecule has 0 spiro atoms. The fraction of sp³-hybridized carbons (Fsp3) is 0.240. The predicted octanol–water partition coefficient (Wildman–Crippen LogP) is 4.81. The van der Waals surface area contributed by atoms with Crippen molar-refractivity contribution in [3.8, 4) is 23.0 Å². The van der Waals surface area contributed by atoms with Crippen LogP contribution in [0.2, 0.25) is 5.02 Å². The molecule has 4 heteroatoms. The summed E-state index contributed by atoms with van der Waals surface area (Å²) >= 11 is 5.93. The third kappa shape index (κ3) is 6.73. The quantitative estimate of drug-likeness (QED) is 0.574. The minimum absolute atomic E-state index is 0.186. The molecule has 3 aromatic rings. The molecule has 0 bridgehead atoms. The van der Waals surface area contributed by atoms with Crippen molar-refractivity contribution in [2.24, 2.45) is 0 Å².